The summed E-state index contributed by atoms with van der Waals surface area (Å²) in [6.45, 7) is -0.194. The monoisotopic (exact) mass is 450 g/mol. The van der Waals surface area contributed by atoms with Gasteiger partial charge in [-0.1, -0.05) is 36.4 Å². The smallest absolute Gasteiger partial charge is 0.262 e. The van der Waals surface area contributed by atoms with Crippen LogP contribution < -0.4 is 14.8 Å². The molecule has 4 aromatic carbocycles. The molecule has 0 heterocycles. The number of carbonyl (C=O) groups is 1. The molecule has 8 heteroatoms. The van der Waals surface area contributed by atoms with Gasteiger partial charge in [0.15, 0.2) is 6.61 Å². The molecule has 0 saturated heterocycles. The van der Waals surface area contributed by atoms with Gasteiger partial charge in [0.25, 0.3) is 15.9 Å². The highest BCUT2D eigenvalue weighted by Gasteiger charge is 2.14. The van der Waals surface area contributed by atoms with E-state index in [1.807, 2.05) is 36.4 Å². The second kappa shape index (κ2) is 9.07. The third-order valence-electron chi connectivity index (χ3n) is 4.65. The Kier molecular flexibility index (Phi) is 6.04. The lowest BCUT2D eigenvalue weighted by Crippen LogP contribution is -2.20. The van der Waals surface area contributed by atoms with Gasteiger partial charge in [-0.05, 0) is 60.0 Å². The molecular weight excluding hydrogens is 431 g/mol. The second-order valence-corrected chi connectivity index (χ2v) is 8.63. The molecule has 4 rings (SSSR count). The van der Waals surface area contributed by atoms with Crippen LogP contribution in [-0.4, -0.2) is 20.9 Å². The molecule has 0 aromatic heterocycles. The predicted octanol–water partition coefficient (Wildman–Crippen LogP) is 4.80. The molecular formula is C24H19FN2O4S. The van der Waals surface area contributed by atoms with E-state index in [9.17, 15) is 17.6 Å². The van der Waals surface area contributed by atoms with Crippen molar-refractivity contribution < 1.29 is 22.3 Å². The van der Waals surface area contributed by atoms with Gasteiger partial charge in [-0.3, -0.25) is 9.52 Å². The van der Waals surface area contributed by atoms with E-state index in [1.54, 1.807) is 6.07 Å². The highest BCUT2D eigenvalue weighted by Crippen LogP contribution is 2.25. The Bertz CT molecular complexity index is 1350. The van der Waals surface area contributed by atoms with Crippen molar-refractivity contribution in [3.63, 3.8) is 0 Å². The van der Waals surface area contributed by atoms with Crippen LogP contribution in [0.25, 0.3) is 10.8 Å². The molecule has 0 aliphatic carbocycles. The SMILES string of the molecule is O=C(COc1cccc2ccccc12)Nc1ccc(S(=O)(=O)Nc2ccc(F)cc2)cc1. The molecule has 32 heavy (non-hydrogen) atoms. The van der Waals surface area contributed by atoms with Gasteiger partial charge >= 0.3 is 0 Å². The van der Waals surface area contributed by atoms with E-state index in [0.717, 1.165) is 22.9 Å². The maximum Gasteiger partial charge on any atom is 0.262 e. The zero-order chi connectivity index (χ0) is 22.6. The molecule has 0 saturated carbocycles. The molecule has 0 fully saturated rings. The Morgan fingerprint density at radius 1 is 0.812 bits per heavy atom. The van der Waals surface area contributed by atoms with Crippen LogP contribution in [0.5, 0.6) is 5.75 Å². The van der Waals surface area contributed by atoms with Crippen LogP contribution >= 0.6 is 0 Å². The molecule has 1 amide bonds. The van der Waals surface area contributed by atoms with Gasteiger partial charge in [0.05, 0.1) is 4.90 Å². The Morgan fingerprint density at radius 2 is 1.47 bits per heavy atom. The number of amides is 1. The average molecular weight is 450 g/mol. The van der Waals surface area contributed by atoms with Crippen molar-refractivity contribution in [2.45, 2.75) is 4.90 Å². The first-order chi connectivity index (χ1) is 15.4. The van der Waals surface area contributed by atoms with E-state index in [1.165, 1.54) is 36.4 Å². The fraction of sp³-hybridized carbons (Fsp3) is 0.0417. The molecule has 4 aromatic rings. The zero-order valence-corrected chi connectivity index (χ0v) is 17.6. The minimum absolute atomic E-state index is 0.00632. The third kappa shape index (κ3) is 5.04. The van der Waals surface area contributed by atoms with E-state index in [2.05, 4.69) is 10.0 Å². The normalized spacial score (nSPS) is 11.2. The van der Waals surface area contributed by atoms with Crippen LogP contribution in [0.1, 0.15) is 0 Å². The lowest BCUT2D eigenvalue weighted by atomic mass is 10.1. The Balaban J connectivity index is 1.37. The van der Waals surface area contributed by atoms with E-state index in [-0.39, 0.29) is 23.1 Å². The number of halogens is 1. The first-order valence-electron chi connectivity index (χ1n) is 9.70. The van der Waals surface area contributed by atoms with Gasteiger partial charge in [-0.2, -0.15) is 0 Å². The topological polar surface area (TPSA) is 84.5 Å². The van der Waals surface area contributed by atoms with Crippen LogP contribution in [0.15, 0.2) is 95.9 Å². The second-order valence-electron chi connectivity index (χ2n) is 6.95. The third-order valence-corrected chi connectivity index (χ3v) is 6.05. The van der Waals surface area contributed by atoms with Crippen molar-refractivity contribution in [3.8, 4) is 5.75 Å². The number of benzene rings is 4. The lowest BCUT2D eigenvalue weighted by molar-refractivity contribution is -0.118. The quantitative estimate of drug-likeness (QED) is 0.424. The van der Waals surface area contributed by atoms with Crippen LogP contribution in [0.4, 0.5) is 15.8 Å². The lowest BCUT2D eigenvalue weighted by Gasteiger charge is -2.11. The van der Waals surface area contributed by atoms with E-state index >= 15 is 0 Å². The number of sulfonamides is 1. The molecule has 0 radical (unpaired) electrons. The molecule has 0 aliphatic rings. The Labute approximate surface area is 184 Å². The fourth-order valence-electron chi connectivity index (χ4n) is 3.11. The highest BCUT2D eigenvalue weighted by atomic mass is 32.2. The summed E-state index contributed by atoms with van der Waals surface area (Å²) in [5.74, 6) is -0.234. The molecule has 2 N–H and O–H groups in total. The largest absolute Gasteiger partial charge is 0.483 e. The number of hydrogen-bond donors (Lipinski definition) is 2. The summed E-state index contributed by atoms with van der Waals surface area (Å²) in [6.07, 6.45) is 0. The number of rotatable bonds is 7. The number of nitrogens with one attached hydrogen (secondary N) is 2. The minimum Gasteiger partial charge on any atom is -0.483 e. The van der Waals surface area contributed by atoms with Crippen molar-refractivity contribution in [1.82, 2.24) is 0 Å². The van der Waals surface area contributed by atoms with E-state index < -0.39 is 15.8 Å². The molecule has 162 valence electrons. The summed E-state index contributed by atoms with van der Waals surface area (Å²) < 4.78 is 46.0. The fourth-order valence-corrected chi connectivity index (χ4v) is 4.17. The van der Waals surface area contributed by atoms with Crippen molar-refractivity contribution in [3.05, 3.63) is 96.8 Å². The first-order valence-corrected chi connectivity index (χ1v) is 11.2. The zero-order valence-electron chi connectivity index (χ0n) is 16.8. The molecule has 0 spiro atoms. The van der Waals surface area contributed by atoms with Crippen molar-refractivity contribution in [2.24, 2.45) is 0 Å². The Morgan fingerprint density at radius 3 is 2.22 bits per heavy atom. The van der Waals surface area contributed by atoms with Crippen molar-refractivity contribution >= 4 is 38.1 Å². The number of anilines is 2. The highest BCUT2D eigenvalue weighted by molar-refractivity contribution is 7.92. The maximum atomic E-state index is 13.0. The van der Waals surface area contributed by atoms with Crippen LogP contribution in [-0.2, 0) is 14.8 Å². The first kappa shape index (κ1) is 21.3. The van der Waals surface area contributed by atoms with Crippen molar-refractivity contribution in [2.75, 3.05) is 16.6 Å². The predicted molar refractivity (Wildman–Crippen MR) is 122 cm³/mol. The number of hydrogen-bond acceptors (Lipinski definition) is 4. The van der Waals surface area contributed by atoms with Gasteiger partial charge in [-0.25, -0.2) is 12.8 Å². The number of fused-ring (bicyclic) bond motifs is 1. The summed E-state index contributed by atoms with van der Waals surface area (Å²) in [5.41, 5.74) is 0.673. The van der Waals surface area contributed by atoms with E-state index in [4.69, 9.17) is 4.74 Å². The van der Waals surface area contributed by atoms with Gasteiger partial charge in [0.1, 0.15) is 11.6 Å². The van der Waals surface area contributed by atoms with Crippen LogP contribution in [0.2, 0.25) is 0 Å². The summed E-state index contributed by atoms with van der Waals surface area (Å²) in [6, 6.07) is 24.0. The van der Waals surface area contributed by atoms with Crippen molar-refractivity contribution in [1.29, 1.82) is 0 Å². The summed E-state index contributed by atoms with van der Waals surface area (Å²) in [5, 5.41) is 4.59. The maximum absolute atomic E-state index is 13.0. The van der Waals surface area contributed by atoms with Crippen LogP contribution in [0.3, 0.4) is 0 Å². The summed E-state index contributed by atoms with van der Waals surface area (Å²) in [7, 11) is -3.85. The summed E-state index contributed by atoms with van der Waals surface area (Å²) >= 11 is 0. The minimum atomic E-state index is -3.85. The average Bonchev–Trinajstić information content (AvgIpc) is 2.79. The van der Waals surface area contributed by atoms with Gasteiger partial charge in [-0.15, -0.1) is 0 Å². The molecule has 0 aliphatic heterocycles. The summed E-state index contributed by atoms with van der Waals surface area (Å²) in [4.78, 5) is 12.3. The van der Waals surface area contributed by atoms with Gasteiger partial charge in [0.2, 0.25) is 0 Å². The number of ether oxygens (including phenoxy) is 1. The molecule has 0 unspecified atom stereocenters. The molecule has 0 atom stereocenters. The van der Waals surface area contributed by atoms with Gasteiger partial charge in [0, 0.05) is 16.8 Å². The number of carbonyl (C=O) groups excluding carboxylic acids is 1. The van der Waals surface area contributed by atoms with Crippen LogP contribution in [0, 0.1) is 5.82 Å². The van der Waals surface area contributed by atoms with E-state index in [0.29, 0.717) is 11.4 Å². The standard InChI is InChI=1S/C24H19FN2O4S/c25-18-8-10-20(11-9-18)27-32(29,30)21-14-12-19(13-15-21)26-24(28)16-31-23-7-3-5-17-4-1-2-6-22(17)23/h1-15,27H,16H2,(H,26,28). The van der Waals surface area contributed by atoms with Gasteiger partial charge < -0.3 is 10.1 Å². The Hall–Kier alpha value is -3.91. The molecule has 0 bridgehead atoms. The molecule has 6 nitrogen and oxygen atoms in total.